The number of ether oxygens (including phenoxy) is 1. The SMILES string of the molecule is COc1cc(C(=O)N[C@H](Cc2ccc(C)cc2)C(=O)NCCc2ccccn2)ccc1C. The second-order valence-corrected chi connectivity index (χ2v) is 7.76. The van der Waals surface area contributed by atoms with E-state index in [9.17, 15) is 9.59 Å². The summed E-state index contributed by atoms with van der Waals surface area (Å²) in [6.07, 6.45) is 2.74. The van der Waals surface area contributed by atoms with Crippen molar-refractivity contribution in [2.75, 3.05) is 13.7 Å². The third-order valence-corrected chi connectivity index (χ3v) is 5.26. The minimum absolute atomic E-state index is 0.228. The molecule has 2 N–H and O–H groups in total. The fraction of sp³-hybridized carbons (Fsp3) is 0.269. The molecule has 0 aliphatic rings. The van der Waals surface area contributed by atoms with Crippen molar-refractivity contribution in [2.45, 2.75) is 32.7 Å². The molecular weight excluding hydrogens is 402 g/mol. The Morgan fingerprint density at radius 3 is 2.50 bits per heavy atom. The lowest BCUT2D eigenvalue weighted by Crippen LogP contribution is -2.48. The van der Waals surface area contributed by atoms with E-state index in [0.29, 0.717) is 30.7 Å². The number of hydrogen-bond acceptors (Lipinski definition) is 4. The standard InChI is InChI=1S/C26H29N3O3/c1-18-7-10-20(11-8-18)16-23(26(31)28-15-13-22-6-4-5-14-27-22)29-25(30)21-12-9-19(2)24(17-21)32-3/h4-12,14,17,23H,13,15-16H2,1-3H3,(H,28,31)(H,29,30)/t23-/m1/s1. The van der Waals surface area contributed by atoms with Gasteiger partial charge in [-0.05, 0) is 49.2 Å². The first-order chi connectivity index (χ1) is 15.5. The fourth-order valence-corrected chi connectivity index (χ4v) is 3.35. The summed E-state index contributed by atoms with van der Waals surface area (Å²) in [7, 11) is 1.57. The lowest BCUT2D eigenvalue weighted by molar-refractivity contribution is -0.122. The Hall–Kier alpha value is -3.67. The molecule has 2 aromatic carbocycles. The largest absolute Gasteiger partial charge is 0.496 e. The highest BCUT2D eigenvalue weighted by Gasteiger charge is 2.22. The van der Waals surface area contributed by atoms with E-state index in [0.717, 1.165) is 22.4 Å². The summed E-state index contributed by atoms with van der Waals surface area (Å²) in [6.45, 7) is 4.36. The van der Waals surface area contributed by atoms with Gasteiger partial charge in [-0.25, -0.2) is 0 Å². The summed E-state index contributed by atoms with van der Waals surface area (Å²) in [5.41, 5.74) is 4.40. The second kappa shape index (κ2) is 11.1. The summed E-state index contributed by atoms with van der Waals surface area (Å²) in [6, 6.07) is 18.2. The van der Waals surface area contributed by atoms with Gasteiger partial charge in [0.25, 0.3) is 5.91 Å². The number of aromatic nitrogens is 1. The van der Waals surface area contributed by atoms with Gasteiger partial charge in [0, 0.05) is 36.8 Å². The maximum Gasteiger partial charge on any atom is 0.252 e. The molecule has 0 aliphatic carbocycles. The molecule has 1 heterocycles. The van der Waals surface area contributed by atoms with Crippen molar-refractivity contribution in [3.8, 4) is 5.75 Å². The van der Waals surface area contributed by atoms with Gasteiger partial charge in [0.2, 0.25) is 5.91 Å². The molecule has 6 nitrogen and oxygen atoms in total. The van der Waals surface area contributed by atoms with Gasteiger partial charge < -0.3 is 15.4 Å². The van der Waals surface area contributed by atoms with Crippen molar-refractivity contribution in [1.29, 1.82) is 0 Å². The molecule has 32 heavy (non-hydrogen) atoms. The smallest absolute Gasteiger partial charge is 0.252 e. The van der Waals surface area contributed by atoms with Crippen LogP contribution < -0.4 is 15.4 Å². The van der Waals surface area contributed by atoms with Crippen LogP contribution in [-0.2, 0) is 17.6 Å². The summed E-state index contributed by atoms with van der Waals surface area (Å²) < 4.78 is 5.33. The molecule has 0 saturated carbocycles. The Balaban J connectivity index is 1.71. The average molecular weight is 432 g/mol. The van der Waals surface area contributed by atoms with Crippen LogP contribution in [0.4, 0.5) is 0 Å². The highest BCUT2D eigenvalue weighted by atomic mass is 16.5. The Morgan fingerprint density at radius 1 is 1.03 bits per heavy atom. The molecule has 0 unspecified atom stereocenters. The van der Waals surface area contributed by atoms with Crippen molar-refractivity contribution in [1.82, 2.24) is 15.6 Å². The predicted octanol–water partition coefficient (Wildman–Crippen LogP) is 3.41. The molecule has 0 fully saturated rings. The summed E-state index contributed by atoms with van der Waals surface area (Å²) in [4.78, 5) is 30.2. The number of carbonyl (C=O) groups excluding carboxylic acids is 2. The highest BCUT2D eigenvalue weighted by molar-refractivity contribution is 5.98. The van der Waals surface area contributed by atoms with Crippen LogP contribution in [-0.4, -0.2) is 36.5 Å². The molecule has 0 saturated heterocycles. The van der Waals surface area contributed by atoms with E-state index in [1.807, 2.05) is 62.4 Å². The average Bonchev–Trinajstić information content (AvgIpc) is 2.81. The molecule has 0 radical (unpaired) electrons. The number of carbonyl (C=O) groups is 2. The first-order valence-corrected chi connectivity index (χ1v) is 10.6. The molecule has 3 aromatic rings. The van der Waals surface area contributed by atoms with Crippen LogP contribution in [0, 0.1) is 13.8 Å². The van der Waals surface area contributed by atoms with E-state index in [-0.39, 0.29) is 11.8 Å². The Morgan fingerprint density at radius 2 is 1.81 bits per heavy atom. The van der Waals surface area contributed by atoms with Crippen molar-refractivity contribution in [3.63, 3.8) is 0 Å². The topological polar surface area (TPSA) is 80.3 Å². The van der Waals surface area contributed by atoms with Crippen LogP contribution in [0.2, 0.25) is 0 Å². The van der Waals surface area contributed by atoms with Crippen LogP contribution in [0.1, 0.15) is 32.7 Å². The van der Waals surface area contributed by atoms with Crippen molar-refractivity contribution >= 4 is 11.8 Å². The Labute approximate surface area is 189 Å². The van der Waals surface area contributed by atoms with E-state index in [1.165, 1.54) is 0 Å². The minimum atomic E-state index is -0.707. The first-order valence-electron chi connectivity index (χ1n) is 10.6. The molecule has 6 heteroatoms. The quantitative estimate of drug-likeness (QED) is 0.544. The molecule has 166 valence electrons. The molecule has 0 aliphatic heterocycles. The van der Waals surface area contributed by atoms with Crippen LogP contribution >= 0.6 is 0 Å². The van der Waals surface area contributed by atoms with E-state index in [1.54, 1.807) is 25.4 Å². The zero-order valence-electron chi connectivity index (χ0n) is 18.7. The van der Waals surface area contributed by atoms with E-state index >= 15 is 0 Å². The zero-order chi connectivity index (χ0) is 22.9. The lowest BCUT2D eigenvalue weighted by Gasteiger charge is -2.19. The van der Waals surface area contributed by atoms with Crippen molar-refractivity contribution < 1.29 is 14.3 Å². The van der Waals surface area contributed by atoms with Gasteiger partial charge >= 0.3 is 0 Å². The van der Waals surface area contributed by atoms with Gasteiger partial charge in [0.05, 0.1) is 7.11 Å². The predicted molar refractivity (Wildman–Crippen MR) is 125 cm³/mol. The van der Waals surface area contributed by atoms with Gasteiger partial charge in [-0.1, -0.05) is 42.0 Å². The number of methoxy groups -OCH3 is 1. The number of pyridine rings is 1. The maximum atomic E-state index is 13.0. The van der Waals surface area contributed by atoms with E-state index in [2.05, 4.69) is 15.6 Å². The third kappa shape index (κ3) is 6.41. The van der Waals surface area contributed by atoms with E-state index < -0.39 is 6.04 Å². The van der Waals surface area contributed by atoms with Crippen molar-refractivity contribution in [2.24, 2.45) is 0 Å². The number of hydrogen-bond donors (Lipinski definition) is 2. The molecular formula is C26H29N3O3. The summed E-state index contributed by atoms with van der Waals surface area (Å²) in [5.74, 6) is 0.0850. The fourth-order valence-electron chi connectivity index (χ4n) is 3.35. The van der Waals surface area contributed by atoms with E-state index in [4.69, 9.17) is 4.74 Å². The molecule has 0 spiro atoms. The van der Waals surface area contributed by atoms with Gasteiger partial charge in [0.15, 0.2) is 0 Å². The zero-order valence-corrected chi connectivity index (χ0v) is 18.7. The number of amides is 2. The number of rotatable bonds is 9. The normalized spacial score (nSPS) is 11.5. The minimum Gasteiger partial charge on any atom is -0.496 e. The lowest BCUT2D eigenvalue weighted by atomic mass is 10.0. The molecule has 0 bridgehead atoms. The molecule has 1 aromatic heterocycles. The Kier molecular flexibility index (Phi) is 7.97. The summed E-state index contributed by atoms with van der Waals surface area (Å²) in [5, 5.41) is 5.83. The van der Waals surface area contributed by atoms with Gasteiger partial charge in [-0.3, -0.25) is 14.6 Å². The van der Waals surface area contributed by atoms with Crippen LogP contribution in [0.15, 0.2) is 66.9 Å². The first kappa shape index (κ1) is 23.0. The molecule has 1 atom stereocenters. The second-order valence-electron chi connectivity index (χ2n) is 7.76. The number of benzene rings is 2. The number of nitrogens with zero attached hydrogens (tertiary/aromatic N) is 1. The van der Waals surface area contributed by atoms with Crippen LogP contribution in [0.3, 0.4) is 0 Å². The number of nitrogens with one attached hydrogen (secondary N) is 2. The van der Waals surface area contributed by atoms with Gasteiger partial charge in [-0.2, -0.15) is 0 Å². The Bertz CT molecular complexity index is 1050. The monoisotopic (exact) mass is 431 g/mol. The third-order valence-electron chi connectivity index (χ3n) is 5.26. The molecule has 3 rings (SSSR count). The van der Waals surface area contributed by atoms with Crippen molar-refractivity contribution in [3.05, 3.63) is 94.8 Å². The molecule has 2 amide bonds. The van der Waals surface area contributed by atoms with Gasteiger partial charge in [-0.15, -0.1) is 0 Å². The maximum absolute atomic E-state index is 13.0. The number of aryl methyl sites for hydroxylation is 2. The van der Waals surface area contributed by atoms with Gasteiger partial charge in [0.1, 0.15) is 11.8 Å². The van der Waals surface area contributed by atoms with Crippen LogP contribution in [0.5, 0.6) is 5.75 Å². The van der Waals surface area contributed by atoms with Crippen LogP contribution in [0.25, 0.3) is 0 Å². The highest BCUT2D eigenvalue weighted by Crippen LogP contribution is 2.19. The summed E-state index contributed by atoms with van der Waals surface area (Å²) >= 11 is 0.